The zero-order valence-electron chi connectivity index (χ0n) is 9.01. The van der Waals surface area contributed by atoms with Gasteiger partial charge in [-0.1, -0.05) is 13.8 Å². The fourth-order valence-electron chi connectivity index (χ4n) is 1.04. The number of aliphatic imine (C=N–C) groups is 1. The number of hydrogen-bond donors (Lipinski definition) is 2. The molecular formula is C7H19IN4O2S. The molecule has 0 radical (unpaired) electrons. The third-order valence-electron chi connectivity index (χ3n) is 1.74. The van der Waals surface area contributed by atoms with Crippen LogP contribution in [0.3, 0.4) is 0 Å². The zero-order valence-corrected chi connectivity index (χ0v) is 12.2. The molecule has 0 aliphatic carbocycles. The summed E-state index contributed by atoms with van der Waals surface area (Å²) in [6.45, 7) is 4.64. The fourth-order valence-corrected chi connectivity index (χ4v) is 2.40. The van der Waals surface area contributed by atoms with Gasteiger partial charge in [0.15, 0.2) is 5.96 Å². The second kappa shape index (κ2) is 8.11. The standard InChI is InChI=1S/C7H18N4O2S.HI/c1-3-11(4-2)14(12,13)6-5-10-7(8)9;/h3-6H2,1-2H3,(H4,8,9,10);1H. The number of sulfonamides is 1. The molecule has 0 aromatic carbocycles. The van der Waals surface area contributed by atoms with Crippen molar-refractivity contribution in [1.29, 1.82) is 0 Å². The van der Waals surface area contributed by atoms with Crippen molar-refractivity contribution in [3.8, 4) is 0 Å². The molecule has 0 amide bonds. The summed E-state index contributed by atoms with van der Waals surface area (Å²) >= 11 is 0. The monoisotopic (exact) mass is 350 g/mol. The van der Waals surface area contributed by atoms with Gasteiger partial charge in [-0.15, -0.1) is 24.0 Å². The van der Waals surface area contributed by atoms with E-state index in [-0.39, 0.29) is 42.2 Å². The molecule has 0 unspecified atom stereocenters. The molecule has 0 aliphatic heterocycles. The van der Waals surface area contributed by atoms with Gasteiger partial charge in [0.1, 0.15) is 0 Å². The van der Waals surface area contributed by atoms with Crippen LogP contribution >= 0.6 is 24.0 Å². The molecule has 0 saturated carbocycles. The van der Waals surface area contributed by atoms with Gasteiger partial charge in [0.25, 0.3) is 0 Å². The summed E-state index contributed by atoms with van der Waals surface area (Å²) in [6.07, 6.45) is 0. The van der Waals surface area contributed by atoms with Crippen molar-refractivity contribution in [1.82, 2.24) is 4.31 Å². The van der Waals surface area contributed by atoms with E-state index in [1.165, 1.54) is 4.31 Å². The maximum Gasteiger partial charge on any atom is 0.215 e. The Balaban J connectivity index is 0. The van der Waals surface area contributed by atoms with Crippen LogP contribution in [0.25, 0.3) is 0 Å². The Labute approximate surface area is 108 Å². The third-order valence-corrected chi connectivity index (χ3v) is 3.74. The summed E-state index contributed by atoms with van der Waals surface area (Å²) in [5, 5.41) is 0. The maximum atomic E-state index is 11.5. The average Bonchev–Trinajstić information content (AvgIpc) is 2.04. The Morgan fingerprint density at radius 1 is 1.27 bits per heavy atom. The van der Waals surface area contributed by atoms with E-state index in [2.05, 4.69) is 4.99 Å². The molecule has 0 rings (SSSR count). The normalized spacial score (nSPS) is 10.9. The second-order valence-corrected chi connectivity index (χ2v) is 4.80. The molecule has 0 aromatic rings. The van der Waals surface area contributed by atoms with Crippen LogP contribution in [0.15, 0.2) is 4.99 Å². The Bertz CT molecular complexity index is 283. The lowest BCUT2D eigenvalue weighted by Crippen LogP contribution is -2.34. The van der Waals surface area contributed by atoms with Crippen molar-refractivity contribution >= 4 is 40.0 Å². The Morgan fingerprint density at radius 2 is 1.73 bits per heavy atom. The van der Waals surface area contributed by atoms with Gasteiger partial charge >= 0.3 is 0 Å². The molecular weight excluding hydrogens is 331 g/mol. The lowest BCUT2D eigenvalue weighted by Gasteiger charge is -2.17. The van der Waals surface area contributed by atoms with Crippen LogP contribution < -0.4 is 11.5 Å². The van der Waals surface area contributed by atoms with Crippen molar-refractivity contribution < 1.29 is 8.42 Å². The lowest BCUT2D eigenvalue weighted by atomic mass is 10.7. The van der Waals surface area contributed by atoms with E-state index in [9.17, 15) is 8.42 Å². The summed E-state index contributed by atoms with van der Waals surface area (Å²) in [7, 11) is -3.20. The second-order valence-electron chi connectivity index (χ2n) is 2.71. The first kappa shape index (κ1) is 17.3. The number of halogens is 1. The highest BCUT2D eigenvalue weighted by Crippen LogP contribution is 2.00. The molecule has 0 heterocycles. The molecule has 0 aromatic heterocycles. The van der Waals surface area contributed by atoms with Crippen LogP contribution in [0.2, 0.25) is 0 Å². The van der Waals surface area contributed by atoms with E-state index >= 15 is 0 Å². The van der Waals surface area contributed by atoms with Crippen LogP contribution in [-0.2, 0) is 10.0 Å². The highest BCUT2D eigenvalue weighted by atomic mass is 127. The predicted octanol–water partition coefficient (Wildman–Crippen LogP) is -0.451. The molecule has 4 N–H and O–H groups in total. The number of hydrogen-bond acceptors (Lipinski definition) is 3. The minimum Gasteiger partial charge on any atom is -0.370 e. The van der Waals surface area contributed by atoms with Crippen LogP contribution in [0.5, 0.6) is 0 Å². The highest BCUT2D eigenvalue weighted by Gasteiger charge is 2.17. The summed E-state index contributed by atoms with van der Waals surface area (Å²) < 4.78 is 24.5. The van der Waals surface area contributed by atoms with Crippen molar-refractivity contribution in [3.05, 3.63) is 0 Å². The minimum atomic E-state index is -3.20. The fraction of sp³-hybridized carbons (Fsp3) is 0.857. The topological polar surface area (TPSA) is 102 Å². The van der Waals surface area contributed by atoms with Gasteiger partial charge in [-0.05, 0) is 0 Å². The largest absolute Gasteiger partial charge is 0.370 e. The van der Waals surface area contributed by atoms with Crippen LogP contribution in [-0.4, -0.2) is 44.1 Å². The first-order valence-corrected chi connectivity index (χ1v) is 6.08. The summed E-state index contributed by atoms with van der Waals surface area (Å²) in [4.78, 5) is 3.63. The number of guanidine groups is 1. The van der Waals surface area contributed by atoms with Gasteiger partial charge < -0.3 is 11.5 Å². The average molecular weight is 350 g/mol. The lowest BCUT2D eigenvalue weighted by molar-refractivity contribution is 0.445. The first-order valence-electron chi connectivity index (χ1n) is 4.47. The van der Waals surface area contributed by atoms with Gasteiger partial charge in [-0.2, -0.15) is 0 Å². The molecule has 0 fully saturated rings. The van der Waals surface area contributed by atoms with Crippen LogP contribution in [0, 0.1) is 0 Å². The number of rotatable bonds is 6. The van der Waals surface area contributed by atoms with E-state index in [4.69, 9.17) is 11.5 Å². The molecule has 0 spiro atoms. The molecule has 92 valence electrons. The van der Waals surface area contributed by atoms with Crippen molar-refractivity contribution in [2.45, 2.75) is 13.8 Å². The Kier molecular flexibility index (Phi) is 9.36. The first-order chi connectivity index (χ1) is 6.44. The van der Waals surface area contributed by atoms with Gasteiger partial charge in [0.2, 0.25) is 10.0 Å². The Hall–Kier alpha value is -0.0900. The van der Waals surface area contributed by atoms with Gasteiger partial charge in [-0.25, -0.2) is 12.7 Å². The molecule has 0 saturated heterocycles. The van der Waals surface area contributed by atoms with E-state index < -0.39 is 10.0 Å². The van der Waals surface area contributed by atoms with E-state index in [0.29, 0.717) is 13.1 Å². The highest BCUT2D eigenvalue weighted by molar-refractivity contribution is 14.0. The summed E-state index contributed by atoms with van der Waals surface area (Å²) in [5.74, 6) is -0.133. The van der Waals surface area contributed by atoms with Gasteiger partial charge in [0, 0.05) is 13.1 Å². The van der Waals surface area contributed by atoms with Crippen LogP contribution in [0.4, 0.5) is 0 Å². The van der Waals surface area contributed by atoms with Gasteiger partial charge in [-0.3, -0.25) is 4.99 Å². The van der Waals surface area contributed by atoms with Crippen molar-refractivity contribution in [2.24, 2.45) is 16.5 Å². The van der Waals surface area contributed by atoms with Crippen molar-refractivity contribution in [3.63, 3.8) is 0 Å². The van der Waals surface area contributed by atoms with Crippen molar-refractivity contribution in [2.75, 3.05) is 25.4 Å². The SMILES string of the molecule is CCN(CC)S(=O)(=O)CCN=C(N)N.I. The smallest absolute Gasteiger partial charge is 0.215 e. The molecule has 15 heavy (non-hydrogen) atoms. The van der Waals surface area contributed by atoms with Gasteiger partial charge in [0.05, 0.1) is 12.3 Å². The number of nitrogens with two attached hydrogens (primary N) is 2. The summed E-state index contributed by atoms with van der Waals surface area (Å²) in [6, 6.07) is 0. The van der Waals surface area contributed by atoms with E-state index in [0.717, 1.165) is 0 Å². The molecule has 0 atom stereocenters. The van der Waals surface area contributed by atoms with E-state index in [1.807, 2.05) is 0 Å². The molecule has 0 aliphatic rings. The summed E-state index contributed by atoms with van der Waals surface area (Å²) in [5.41, 5.74) is 10.2. The van der Waals surface area contributed by atoms with Crippen LogP contribution in [0.1, 0.15) is 13.8 Å². The minimum absolute atomic E-state index is 0. The zero-order chi connectivity index (χ0) is 11.2. The number of nitrogens with zero attached hydrogens (tertiary/aromatic N) is 2. The van der Waals surface area contributed by atoms with E-state index in [1.54, 1.807) is 13.8 Å². The maximum absolute atomic E-state index is 11.5. The molecule has 8 heteroatoms. The Morgan fingerprint density at radius 3 is 2.07 bits per heavy atom. The molecule has 6 nitrogen and oxygen atoms in total. The third kappa shape index (κ3) is 6.90. The molecule has 0 bridgehead atoms. The quantitative estimate of drug-likeness (QED) is 0.385. The predicted molar refractivity (Wildman–Crippen MR) is 72.8 cm³/mol.